The normalized spacial score (nSPS) is 18.6. The van der Waals surface area contributed by atoms with Crippen molar-refractivity contribution in [3.05, 3.63) is 36.5 Å². The number of amides is 1. The van der Waals surface area contributed by atoms with Gasteiger partial charge in [0.25, 0.3) is 0 Å². The predicted molar refractivity (Wildman–Crippen MR) is 341 cm³/mol. The molecule has 7 atom stereocenters. The second kappa shape index (κ2) is 60.5. The lowest BCUT2D eigenvalue weighted by Crippen LogP contribution is -2.60. The number of allylic oxidation sites excluding steroid dienone is 6. The molecule has 0 radical (unpaired) electrons. The minimum atomic E-state index is -1.55. The number of aliphatic hydroxyl groups is 5. The highest BCUT2D eigenvalue weighted by atomic mass is 16.7. The van der Waals surface area contributed by atoms with Crippen LogP contribution in [-0.2, 0) is 14.3 Å². The van der Waals surface area contributed by atoms with Gasteiger partial charge in [-0.2, -0.15) is 0 Å². The van der Waals surface area contributed by atoms with Gasteiger partial charge in [0.05, 0.1) is 25.4 Å². The lowest BCUT2D eigenvalue weighted by atomic mass is 9.99. The van der Waals surface area contributed by atoms with E-state index in [0.29, 0.717) is 12.8 Å². The van der Waals surface area contributed by atoms with Crippen molar-refractivity contribution < 1.29 is 39.8 Å². The third kappa shape index (κ3) is 48.7. The van der Waals surface area contributed by atoms with Crippen LogP contribution in [-0.4, -0.2) is 87.5 Å². The number of nitrogens with one attached hydrogen (secondary N) is 1. The van der Waals surface area contributed by atoms with E-state index in [-0.39, 0.29) is 12.5 Å². The summed E-state index contributed by atoms with van der Waals surface area (Å²) in [6.07, 6.45) is 73.7. The Labute approximate surface area is 495 Å². The molecule has 0 aromatic heterocycles. The number of hydrogen-bond donors (Lipinski definition) is 6. The molecule has 9 heteroatoms. The molecule has 0 aromatic rings. The maximum absolute atomic E-state index is 13.1. The van der Waals surface area contributed by atoms with Gasteiger partial charge in [0.1, 0.15) is 24.4 Å². The molecule has 1 aliphatic heterocycles. The summed E-state index contributed by atoms with van der Waals surface area (Å²) in [6, 6.07) is -0.717. The van der Waals surface area contributed by atoms with E-state index in [1.807, 2.05) is 0 Å². The molecular weight excluding hydrogens is 995 g/mol. The maximum Gasteiger partial charge on any atom is 0.220 e. The van der Waals surface area contributed by atoms with E-state index < -0.39 is 49.5 Å². The first kappa shape index (κ1) is 76.4. The fourth-order valence-electron chi connectivity index (χ4n) is 11.5. The zero-order valence-corrected chi connectivity index (χ0v) is 52.9. The Hall–Kier alpha value is -1.59. The van der Waals surface area contributed by atoms with Crippen LogP contribution in [0, 0.1) is 0 Å². The van der Waals surface area contributed by atoms with Crippen LogP contribution in [0.15, 0.2) is 36.5 Å². The number of rotatable bonds is 62. The lowest BCUT2D eigenvalue weighted by Gasteiger charge is -2.40. The highest BCUT2D eigenvalue weighted by molar-refractivity contribution is 5.76. The van der Waals surface area contributed by atoms with Gasteiger partial charge in [-0.1, -0.05) is 333 Å². The molecule has 1 fully saturated rings. The topological polar surface area (TPSA) is 149 Å². The molecule has 80 heavy (non-hydrogen) atoms. The first-order valence-electron chi connectivity index (χ1n) is 35.2. The van der Waals surface area contributed by atoms with Gasteiger partial charge in [-0.3, -0.25) is 4.79 Å². The third-order valence-corrected chi connectivity index (χ3v) is 17.0. The van der Waals surface area contributed by atoms with Crippen molar-refractivity contribution in [1.29, 1.82) is 0 Å². The Balaban J connectivity index is 2.01. The van der Waals surface area contributed by atoms with Gasteiger partial charge < -0.3 is 40.3 Å². The van der Waals surface area contributed by atoms with Crippen molar-refractivity contribution in [1.82, 2.24) is 5.32 Å². The predicted octanol–water partition coefficient (Wildman–Crippen LogP) is 19.0. The van der Waals surface area contributed by atoms with E-state index in [2.05, 4.69) is 55.6 Å². The van der Waals surface area contributed by atoms with Crippen LogP contribution in [0.4, 0.5) is 0 Å². The van der Waals surface area contributed by atoms with E-state index in [1.54, 1.807) is 0 Å². The molecule has 6 N–H and O–H groups in total. The molecule has 1 aliphatic rings. The van der Waals surface area contributed by atoms with E-state index in [1.165, 1.54) is 276 Å². The quantitative estimate of drug-likeness (QED) is 0.0261. The van der Waals surface area contributed by atoms with Gasteiger partial charge in [0, 0.05) is 6.42 Å². The smallest absolute Gasteiger partial charge is 0.220 e. The summed E-state index contributed by atoms with van der Waals surface area (Å²) in [4.78, 5) is 13.1. The number of hydrogen-bond acceptors (Lipinski definition) is 8. The van der Waals surface area contributed by atoms with E-state index in [9.17, 15) is 30.3 Å². The summed E-state index contributed by atoms with van der Waals surface area (Å²) in [5, 5.41) is 54.8. The first-order chi connectivity index (χ1) is 39.3. The largest absolute Gasteiger partial charge is 0.394 e. The van der Waals surface area contributed by atoms with Crippen LogP contribution in [0.1, 0.15) is 354 Å². The Morgan fingerprint density at radius 2 is 0.738 bits per heavy atom. The lowest BCUT2D eigenvalue weighted by molar-refractivity contribution is -0.302. The maximum atomic E-state index is 13.1. The fraction of sp³-hybridized carbons (Fsp3) is 0.901. The van der Waals surface area contributed by atoms with Gasteiger partial charge in [-0.15, -0.1) is 0 Å². The van der Waals surface area contributed by atoms with Crippen molar-refractivity contribution in [3.8, 4) is 0 Å². The Morgan fingerprint density at radius 1 is 0.425 bits per heavy atom. The molecule has 1 rings (SSSR count). The number of unbranched alkanes of at least 4 members (excludes halogenated alkanes) is 46. The monoisotopic (exact) mass is 1130 g/mol. The number of ether oxygens (including phenoxy) is 2. The molecule has 472 valence electrons. The molecule has 0 aromatic carbocycles. The first-order valence-corrected chi connectivity index (χ1v) is 35.2. The molecule has 0 spiro atoms. The molecule has 0 bridgehead atoms. The number of aliphatic hydroxyl groups excluding tert-OH is 5. The van der Waals surface area contributed by atoms with Crippen LogP contribution in [0.2, 0.25) is 0 Å². The van der Waals surface area contributed by atoms with Gasteiger partial charge in [-0.05, 0) is 51.4 Å². The van der Waals surface area contributed by atoms with Gasteiger partial charge in [0.15, 0.2) is 6.29 Å². The molecule has 0 aliphatic carbocycles. The van der Waals surface area contributed by atoms with Crippen molar-refractivity contribution in [3.63, 3.8) is 0 Å². The minimum absolute atomic E-state index is 0.133. The fourth-order valence-corrected chi connectivity index (χ4v) is 11.5. The summed E-state index contributed by atoms with van der Waals surface area (Å²) in [6.45, 7) is 3.87. The van der Waals surface area contributed by atoms with Crippen molar-refractivity contribution in [2.75, 3.05) is 13.2 Å². The van der Waals surface area contributed by atoms with Crippen LogP contribution in [0.3, 0.4) is 0 Å². The van der Waals surface area contributed by atoms with Crippen LogP contribution in [0.25, 0.3) is 0 Å². The summed E-state index contributed by atoms with van der Waals surface area (Å²) in [5.41, 5.74) is 0. The summed E-state index contributed by atoms with van der Waals surface area (Å²) in [5.74, 6) is -0.137. The highest BCUT2D eigenvalue weighted by Gasteiger charge is 2.44. The van der Waals surface area contributed by atoms with Crippen LogP contribution < -0.4 is 5.32 Å². The van der Waals surface area contributed by atoms with Gasteiger partial charge in [-0.25, -0.2) is 0 Å². The Morgan fingerprint density at radius 3 is 1.09 bits per heavy atom. The number of carbonyl (C=O) groups is 1. The third-order valence-electron chi connectivity index (χ3n) is 17.0. The van der Waals surface area contributed by atoms with Crippen LogP contribution in [0.5, 0.6) is 0 Å². The molecule has 1 saturated heterocycles. The molecule has 1 heterocycles. The highest BCUT2D eigenvalue weighted by Crippen LogP contribution is 2.24. The van der Waals surface area contributed by atoms with Gasteiger partial charge in [0.2, 0.25) is 5.91 Å². The van der Waals surface area contributed by atoms with E-state index >= 15 is 0 Å². The minimum Gasteiger partial charge on any atom is -0.394 e. The summed E-state index contributed by atoms with van der Waals surface area (Å²) >= 11 is 0. The zero-order valence-electron chi connectivity index (χ0n) is 52.9. The standard InChI is InChI=1S/C71H135NO8/c1-3-5-7-9-11-13-15-17-19-21-22-23-24-25-26-27-28-29-30-31-32-33-34-35-36-37-38-39-40-41-42-43-44-45-47-49-51-53-55-57-59-61-67(75)72-64(63-79-71-70(78)69(77)68(76)66(62-73)80-71)65(74)60-58-56-54-52-50-48-46-20-18-16-14-12-10-8-6-4-2/h15,17,21-22,24-25,64-66,68-71,73-74,76-78H,3-14,16,18-20,23,26-63H2,1-2H3,(H,72,75)/b17-15-,22-21-,25-24-. The van der Waals surface area contributed by atoms with Crippen molar-refractivity contribution in [2.45, 2.75) is 397 Å². The summed E-state index contributed by atoms with van der Waals surface area (Å²) in [7, 11) is 0. The molecule has 1 amide bonds. The molecular formula is C71H135NO8. The second-order valence-corrected chi connectivity index (χ2v) is 24.7. The average Bonchev–Trinajstić information content (AvgIpc) is 3.46. The zero-order chi connectivity index (χ0) is 57.9. The van der Waals surface area contributed by atoms with E-state index in [4.69, 9.17) is 9.47 Å². The molecule has 7 unspecified atom stereocenters. The second-order valence-electron chi connectivity index (χ2n) is 24.7. The molecule has 9 nitrogen and oxygen atoms in total. The van der Waals surface area contributed by atoms with Gasteiger partial charge >= 0.3 is 0 Å². The molecule has 0 saturated carbocycles. The Bertz CT molecular complexity index is 1360. The summed E-state index contributed by atoms with van der Waals surface area (Å²) < 4.78 is 11.3. The van der Waals surface area contributed by atoms with Crippen molar-refractivity contribution in [2.24, 2.45) is 0 Å². The van der Waals surface area contributed by atoms with E-state index in [0.717, 1.165) is 51.4 Å². The van der Waals surface area contributed by atoms with Crippen molar-refractivity contribution >= 4 is 5.91 Å². The van der Waals surface area contributed by atoms with Crippen LogP contribution >= 0.6 is 0 Å². The number of carbonyl (C=O) groups excluding carboxylic acids is 1. The Kier molecular flexibility index (Phi) is 57.8. The average molecular weight is 1130 g/mol. The SMILES string of the molecule is CCCCCCC/C=C\C/C=C\C/C=C\CCCCCCCCCCCCCCCCCCCCCCCCCCCCC(=O)NC(COC1OC(CO)C(O)C(O)C1O)C(O)CCCCCCCCCCCCCCCCCC.